The molecule has 0 amide bonds. The summed E-state index contributed by atoms with van der Waals surface area (Å²) in [4.78, 5) is 66.8. The Labute approximate surface area is 146 Å². The van der Waals surface area contributed by atoms with Crippen molar-refractivity contribution in [3.05, 3.63) is 0 Å². The molecule has 4 atom stereocenters. The lowest BCUT2D eigenvalue weighted by Crippen LogP contribution is -2.41. The van der Waals surface area contributed by atoms with Gasteiger partial charge in [0.1, 0.15) is 12.2 Å². The van der Waals surface area contributed by atoms with E-state index in [4.69, 9.17) is 10.2 Å². The van der Waals surface area contributed by atoms with Gasteiger partial charge in [-0.1, -0.05) is 0 Å². The van der Waals surface area contributed by atoms with Crippen LogP contribution in [0.15, 0.2) is 0 Å². The van der Waals surface area contributed by atoms with Gasteiger partial charge >= 0.3 is 23.9 Å². The second kappa shape index (κ2) is 10.5. The van der Waals surface area contributed by atoms with Gasteiger partial charge in [0.25, 0.3) is 0 Å². The van der Waals surface area contributed by atoms with E-state index in [1.807, 2.05) is 0 Å². The van der Waals surface area contributed by atoms with Crippen molar-refractivity contribution in [2.45, 2.75) is 51.1 Å². The van der Waals surface area contributed by atoms with E-state index in [-0.39, 0.29) is 0 Å². The van der Waals surface area contributed by atoms with Crippen molar-refractivity contribution in [2.24, 2.45) is 0 Å². The Kier molecular flexibility index (Phi) is 9.43. The molecular formula is C14H18O12. The molecule has 4 unspecified atom stereocenters. The van der Waals surface area contributed by atoms with E-state index < -0.39 is 72.7 Å². The van der Waals surface area contributed by atoms with Crippen molar-refractivity contribution in [2.75, 3.05) is 0 Å². The molecule has 0 aliphatic heterocycles. The van der Waals surface area contributed by atoms with Gasteiger partial charge in [0, 0.05) is 0 Å². The largest absolute Gasteiger partial charge is 0.391 e. The van der Waals surface area contributed by atoms with E-state index in [1.54, 1.807) is 0 Å². The molecule has 4 N–H and O–H groups in total. The van der Waals surface area contributed by atoms with Crippen LogP contribution in [0.2, 0.25) is 0 Å². The quantitative estimate of drug-likeness (QED) is 0.228. The second-order valence-electron chi connectivity index (χ2n) is 5.09. The summed E-state index contributed by atoms with van der Waals surface area (Å²) >= 11 is 0. The molecule has 12 heteroatoms. The first kappa shape index (κ1) is 23.5. The fraction of sp³-hybridized carbons (Fsp3) is 0.571. The predicted octanol–water partition coefficient (Wildman–Crippen LogP) is -3.47. The number of rotatable bonds is 9. The molecule has 0 heterocycles. The van der Waals surface area contributed by atoms with E-state index in [1.165, 1.54) is 0 Å². The number of ketones is 2. The number of hydrogen-bond donors (Lipinski definition) is 4. The van der Waals surface area contributed by atoms with Gasteiger partial charge in [-0.15, -0.1) is 0 Å². The maximum atomic E-state index is 11.3. The molecule has 0 saturated heterocycles. The first-order chi connectivity index (χ1) is 11.9. The van der Waals surface area contributed by atoms with Crippen LogP contribution in [0.4, 0.5) is 0 Å². The molecule has 12 nitrogen and oxygen atoms in total. The maximum absolute atomic E-state index is 11.3. The predicted molar refractivity (Wildman–Crippen MR) is 76.8 cm³/mol. The highest BCUT2D eigenvalue weighted by Crippen LogP contribution is 2.04. The first-order valence-electron chi connectivity index (χ1n) is 7.10. The van der Waals surface area contributed by atoms with Gasteiger partial charge in [0.2, 0.25) is 0 Å². The number of hydrogen-bond acceptors (Lipinski definition) is 12. The minimum atomic E-state index is -2.30. The number of carbonyl (C=O) groups excluding carboxylic acids is 6. The normalized spacial score (nSPS) is 15.2. The van der Waals surface area contributed by atoms with E-state index in [0.717, 1.165) is 13.8 Å². The van der Waals surface area contributed by atoms with E-state index >= 15 is 0 Å². The van der Waals surface area contributed by atoms with Crippen LogP contribution in [0.1, 0.15) is 26.7 Å². The minimum Gasteiger partial charge on any atom is -0.391 e. The average Bonchev–Trinajstić information content (AvgIpc) is 2.56. The summed E-state index contributed by atoms with van der Waals surface area (Å²) in [5, 5.41) is 36.8. The molecule has 0 spiro atoms. The number of ether oxygens (including phenoxy) is 2. The lowest BCUT2D eigenvalue weighted by Gasteiger charge is -2.14. The maximum Gasteiger partial charge on any atom is 0.345 e. The smallest absolute Gasteiger partial charge is 0.345 e. The number of aliphatic hydroxyl groups is 4. The highest BCUT2D eigenvalue weighted by molar-refractivity contribution is 5.95. The fourth-order valence-corrected chi connectivity index (χ4v) is 1.35. The van der Waals surface area contributed by atoms with Crippen LogP contribution < -0.4 is 0 Å². The van der Waals surface area contributed by atoms with Crippen LogP contribution in [0.25, 0.3) is 0 Å². The topological polar surface area (TPSA) is 202 Å². The summed E-state index contributed by atoms with van der Waals surface area (Å²) in [6, 6.07) is 0. The monoisotopic (exact) mass is 378 g/mol. The van der Waals surface area contributed by atoms with Crippen molar-refractivity contribution < 1.29 is 58.7 Å². The number of Topliss-reactive ketones (excluding diaryl/α,β-unsaturated/α-hetero) is 2. The van der Waals surface area contributed by atoms with Crippen molar-refractivity contribution in [1.29, 1.82) is 0 Å². The average molecular weight is 378 g/mol. The summed E-state index contributed by atoms with van der Waals surface area (Å²) in [5.74, 6) is -7.81. The van der Waals surface area contributed by atoms with Crippen molar-refractivity contribution in [3.8, 4) is 0 Å². The summed E-state index contributed by atoms with van der Waals surface area (Å²) in [6.45, 7) is 1.76. The number of esters is 4. The third-order valence-electron chi connectivity index (χ3n) is 2.88. The summed E-state index contributed by atoms with van der Waals surface area (Å²) < 4.78 is 8.18. The Bertz CT molecular complexity index is 543. The van der Waals surface area contributed by atoms with E-state index in [9.17, 15) is 39.0 Å². The molecule has 26 heavy (non-hydrogen) atoms. The molecule has 0 fully saturated rings. The Hall–Kier alpha value is -2.54. The molecule has 0 aromatic rings. The van der Waals surface area contributed by atoms with E-state index in [0.29, 0.717) is 0 Å². The number of aliphatic hydroxyl groups excluding tert-OH is 4. The molecule has 0 bridgehead atoms. The fourth-order valence-electron chi connectivity index (χ4n) is 1.35. The Morgan fingerprint density at radius 3 is 1.12 bits per heavy atom. The SMILES string of the molecule is CC(=O)C(O)C(O)C(=O)OC(=O)CCC(=O)OC(=O)C(O)C(O)C(C)=O. The zero-order chi connectivity index (χ0) is 20.6. The minimum absolute atomic E-state index is 0.786. The Morgan fingerprint density at radius 2 is 0.885 bits per heavy atom. The molecule has 0 aromatic carbocycles. The standard InChI is InChI=1S/C14H18O12/c1-5(15)9(19)11(21)13(23)25-7(17)3-4-8(18)26-14(24)12(22)10(20)6(2)16/h9-12,19-22H,3-4H2,1-2H3. The highest BCUT2D eigenvalue weighted by atomic mass is 16.6. The van der Waals surface area contributed by atoms with Gasteiger partial charge in [-0.3, -0.25) is 19.2 Å². The van der Waals surface area contributed by atoms with Crippen LogP contribution in [0.3, 0.4) is 0 Å². The van der Waals surface area contributed by atoms with Gasteiger partial charge in [-0.2, -0.15) is 0 Å². The van der Waals surface area contributed by atoms with Gasteiger partial charge in [0.05, 0.1) is 12.8 Å². The van der Waals surface area contributed by atoms with Crippen LogP contribution in [0, 0.1) is 0 Å². The summed E-state index contributed by atoms with van der Waals surface area (Å²) in [7, 11) is 0. The molecule has 0 aromatic heterocycles. The van der Waals surface area contributed by atoms with Crippen LogP contribution in [-0.4, -0.2) is 80.3 Å². The van der Waals surface area contributed by atoms with Gasteiger partial charge in [-0.25, -0.2) is 9.59 Å². The van der Waals surface area contributed by atoms with Crippen molar-refractivity contribution in [1.82, 2.24) is 0 Å². The lowest BCUT2D eigenvalue weighted by molar-refractivity contribution is -0.175. The molecule has 0 rings (SSSR count). The molecule has 146 valence electrons. The van der Waals surface area contributed by atoms with Gasteiger partial charge in [-0.05, 0) is 13.8 Å². The van der Waals surface area contributed by atoms with Crippen molar-refractivity contribution in [3.63, 3.8) is 0 Å². The van der Waals surface area contributed by atoms with Gasteiger partial charge < -0.3 is 29.9 Å². The van der Waals surface area contributed by atoms with E-state index in [2.05, 4.69) is 9.47 Å². The van der Waals surface area contributed by atoms with Crippen LogP contribution in [-0.2, 0) is 38.2 Å². The molecular weight excluding hydrogens is 360 g/mol. The first-order valence-corrected chi connectivity index (χ1v) is 7.10. The van der Waals surface area contributed by atoms with Crippen LogP contribution in [0.5, 0.6) is 0 Å². The second-order valence-corrected chi connectivity index (χ2v) is 5.09. The zero-order valence-electron chi connectivity index (χ0n) is 13.8. The summed E-state index contributed by atoms with van der Waals surface area (Å²) in [6.07, 6.45) is -10.3. The molecule has 0 aliphatic rings. The zero-order valence-corrected chi connectivity index (χ0v) is 13.8. The van der Waals surface area contributed by atoms with Crippen LogP contribution >= 0.6 is 0 Å². The molecule has 0 radical (unpaired) electrons. The van der Waals surface area contributed by atoms with Gasteiger partial charge in [0.15, 0.2) is 23.8 Å². The Balaban J connectivity index is 4.41. The third-order valence-corrected chi connectivity index (χ3v) is 2.88. The number of carbonyl (C=O) groups is 6. The third kappa shape index (κ3) is 7.57. The lowest BCUT2D eigenvalue weighted by atomic mass is 10.1. The summed E-state index contributed by atoms with van der Waals surface area (Å²) in [5.41, 5.74) is 0. The Morgan fingerprint density at radius 1 is 0.615 bits per heavy atom. The van der Waals surface area contributed by atoms with Crippen molar-refractivity contribution >= 4 is 35.4 Å². The highest BCUT2D eigenvalue weighted by Gasteiger charge is 2.32. The molecule has 0 aliphatic carbocycles. The molecule has 0 saturated carbocycles.